The first-order valence-corrected chi connectivity index (χ1v) is 11.2. The van der Waals surface area contributed by atoms with Crippen LogP contribution in [0.4, 0.5) is 0 Å². The summed E-state index contributed by atoms with van der Waals surface area (Å²) in [6, 6.07) is 7.32. The number of carbonyl (C=O) groups excluding carboxylic acids is 2. The van der Waals surface area contributed by atoms with E-state index in [-0.39, 0.29) is 23.0 Å². The Labute approximate surface area is 189 Å². The van der Waals surface area contributed by atoms with Crippen LogP contribution in [0.25, 0.3) is 0 Å². The molecule has 31 heavy (non-hydrogen) atoms. The van der Waals surface area contributed by atoms with Crippen LogP contribution in [0.1, 0.15) is 52.0 Å². The average molecular weight is 446 g/mol. The van der Waals surface area contributed by atoms with E-state index in [4.69, 9.17) is 11.6 Å². The van der Waals surface area contributed by atoms with Gasteiger partial charge in [0.1, 0.15) is 11.8 Å². The molecule has 6 nitrogen and oxygen atoms in total. The summed E-state index contributed by atoms with van der Waals surface area (Å²) in [7, 11) is 0. The van der Waals surface area contributed by atoms with Crippen LogP contribution < -0.4 is 5.32 Å². The highest BCUT2D eigenvalue weighted by atomic mass is 35.5. The van der Waals surface area contributed by atoms with Crippen molar-refractivity contribution in [2.75, 3.05) is 13.1 Å². The van der Waals surface area contributed by atoms with Crippen LogP contribution in [-0.4, -0.2) is 52.9 Å². The third-order valence-electron chi connectivity index (χ3n) is 6.20. The van der Waals surface area contributed by atoms with E-state index in [9.17, 15) is 14.7 Å². The summed E-state index contributed by atoms with van der Waals surface area (Å²) in [6.45, 7) is 9.45. The van der Waals surface area contributed by atoms with Gasteiger partial charge in [0.25, 0.3) is 5.91 Å². The summed E-state index contributed by atoms with van der Waals surface area (Å²) in [5.41, 5.74) is 1.36. The van der Waals surface area contributed by atoms with Gasteiger partial charge in [-0.3, -0.25) is 9.59 Å². The molecule has 2 unspecified atom stereocenters. The summed E-state index contributed by atoms with van der Waals surface area (Å²) in [5, 5.41) is 13.2. The zero-order chi connectivity index (χ0) is 22.8. The number of aliphatic hydroxyl groups excluding tert-OH is 1. The number of amides is 2. The van der Waals surface area contributed by atoms with Crippen molar-refractivity contribution in [1.82, 2.24) is 10.2 Å². The minimum atomic E-state index is -1.00. The SMILES string of the molecule is CC(C)[C@@H](NC(=O)C1=NC(O)C=CC1)C(=O)N1CCC(c2ccc(Cl)cc2)C(C)(C)C1. The Kier molecular flexibility index (Phi) is 7.22. The number of nitrogens with zero attached hydrogens (tertiary/aromatic N) is 2. The van der Waals surface area contributed by atoms with E-state index in [2.05, 4.69) is 36.3 Å². The molecule has 0 bridgehead atoms. The van der Waals surface area contributed by atoms with E-state index in [0.29, 0.717) is 25.4 Å². The van der Waals surface area contributed by atoms with E-state index < -0.39 is 18.2 Å². The van der Waals surface area contributed by atoms with Gasteiger partial charge in [-0.15, -0.1) is 0 Å². The van der Waals surface area contributed by atoms with Crippen LogP contribution in [0.5, 0.6) is 0 Å². The predicted molar refractivity (Wildman–Crippen MR) is 123 cm³/mol. The maximum Gasteiger partial charge on any atom is 0.266 e. The lowest BCUT2D eigenvalue weighted by molar-refractivity contribution is -0.139. The lowest BCUT2D eigenvalue weighted by Gasteiger charge is -2.45. The second-order valence-corrected chi connectivity index (χ2v) is 9.89. The third kappa shape index (κ3) is 5.55. The number of aliphatic hydroxyl groups is 1. The molecule has 3 rings (SSSR count). The maximum atomic E-state index is 13.4. The van der Waals surface area contributed by atoms with E-state index in [0.717, 1.165) is 11.4 Å². The molecule has 2 aliphatic rings. The van der Waals surface area contributed by atoms with Crippen molar-refractivity contribution in [3.05, 3.63) is 47.0 Å². The van der Waals surface area contributed by atoms with Gasteiger partial charge in [-0.1, -0.05) is 57.5 Å². The van der Waals surface area contributed by atoms with Gasteiger partial charge < -0.3 is 15.3 Å². The van der Waals surface area contributed by atoms with E-state index >= 15 is 0 Å². The van der Waals surface area contributed by atoms with Gasteiger partial charge in [-0.05, 0) is 47.4 Å². The van der Waals surface area contributed by atoms with Crippen LogP contribution in [0.15, 0.2) is 41.4 Å². The van der Waals surface area contributed by atoms with Gasteiger partial charge in [0.15, 0.2) is 6.23 Å². The Morgan fingerprint density at radius 2 is 1.94 bits per heavy atom. The van der Waals surface area contributed by atoms with Crippen molar-refractivity contribution in [3.63, 3.8) is 0 Å². The van der Waals surface area contributed by atoms with Crippen molar-refractivity contribution < 1.29 is 14.7 Å². The predicted octanol–water partition coefficient (Wildman–Crippen LogP) is 3.54. The fourth-order valence-corrected chi connectivity index (χ4v) is 4.63. The molecule has 2 aliphatic heterocycles. The molecule has 7 heteroatoms. The summed E-state index contributed by atoms with van der Waals surface area (Å²) in [4.78, 5) is 31.9. The zero-order valence-electron chi connectivity index (χ0n) is 18.6. The highest BCUT2D eigenvalue weighted by Crippen LogP contribution is 2.42. The Balaban J connectivity index is 1.70. The second kappa shape index (κ2) is 9.53. The highest BCUT2D eigenvalue weighted by molar-refractivity contribution is 6.39. The molecule has 1 saturated heterocycles. The molecular formula is C24H32ClN3O3. The van der Waals surface area contributed by atoms with Gasteiger partial charge >= 0.3 is 0 Å². The quantitative estimate of drug-likeness (QED) is 0.680. The molecule has 0 saturated carbocycles. The van der Waals surface area contributed by atoms with Crippen molar-refractivity contribution >= 4 is 29.1 Å². The molecule has 1 aromatic rings. The fourth-order valence-electron chi connectivity index (χ4n) is 4.50. The number of hydrogen-bond donors (Lipinski definition) is 2. The Hall–Kier alpha value is -2.18. The van der Waals surface area contributed by atoms with Crippen molar-refractivity contribution in [3.8, 4) is 0 Å². The first-order valence-electron chi connectivity index (χ1n) is 10.8. The minimum Gasteiger partial charge on any atom is -0.368 e. The number of carbonyl (C=O) groups is 2. The van der Waals surface area contributed by atoms with E-state index in [1.807, 2.05) is 30.9 Å². The Bertz CT molecular complexity index is 877. The molecule has 0 radical (unpaired) electrons. The zero-order valence-corrected chi connectivity index (χ0v) is 19.4. The Morgan fingerprint density at radius 1 is 1.26 bits per heavy atom. The molecule has 3 atom stereocenters. The molecule has 2 N–H and O–H groups in total. The van der Waals surface area contributed by atoms with Gasteiger partial charge in [0.2, 0.25) is 5.91 Å². The number of hydrogen-bond acceptors (Lipinski definition) is 4. The van der Waals surface area contributed by atoms with E-state index in [1.54, 1.807) is 6.08 Å². The number of likely N-dealkylation sites (tertiary alicyclic amines) is 1. The largest absolute Gasteiger partial charge is 0.368 e. The van der Waals surface area contributed by atoms with Gasteiger partial charge in [0.05, 0.1) is 0 Å². The van der Waals surface area contributed by atoms with Crippen molar-refractivity contribution in [2.45, 2.75) is 58.7 Å². The number of allylic oxidation sites excluding steroid dienone is 1. The van der Waals surface area contributed by atoms with Crippen molar-refractivity contribution in [2.24, 2.45) is 16.3 Å². The molecule has 168 valence electrons. The Morgan fingerprint density at radius 3 is 2.52 bits per heavy atom. The van der Waals surface area contributed by atoms with Gasteiger partial charge in [-0.2, -0.15) is 0 Å². The standard InChI is InChI=1S/C24H32ClN3O3/c1-15(2)21(27-22(30)19-6-5-7-20(29)26-19)23(31)28-13-12-18(24(3,4)14-28)16-8-10-17(25)11-9-16/h5,7-11,15,18,20-21,29H,6,12-14H2,1-4H3,(H,27,30)/t18?,20?,21-/m1/s1. The van der Waals surface area contributed by atoms with E-state index in [1.165, 1.54) is 11.6 Å². The van der Waals surface area contributed by atoms with Crippen LogP contribution in [0, 0.1) is 11.3 Å². The average Bonchev–Trinajstić information content (AvgIpc) is 2.71. The maximum absolute atomic E-state index is 13.4. The summed E-state index contributed by atoms with van der Waals surface area (Å²) < 4.78 is 0. The smallest absolute Gasteiger partial charge is 0.266 e. The van der Waals surface area contributed by atoms with Crippen LogP contribution in [0.2, 0.25) is 5.02 Å². The molecule has 0 aromatic heterocycles. The summed E-state index contributed by atoms with van der Waals surface area (Å²) >= 11 is 6.04. The topological polar surface area (TPSA) is 82.0 Å². The second-order valence-electron chi connectivity index (χ2n) is 9.46. The molecule has 1 aromatic carbocycles. The number of aliphatic imine (C=N–C) groups is 1. The molecule has 0 aliphatic carbocycles. The number of dihydropyridines is 1. The van der Waals surface area contributed by atoms with Crippen molar-refractivity contribution in [1.29, 1.82) is 0 Å². The number of rotatable bonds is 5. The molecule has 0 spiro atoms. The monoisotopic (exact) mass is 445 g/mol. The highest BCUT2D eigenvalue weighted by Gasteiger charge is 2.40. The normalized spacial score (nSPS) is 24.0. The third-order valence-corrected chi connectivity index (χ3v) is 6.45. The van der Waals surface area contributed by atoms with Crippen LogP contribution in [0.3, 0.4) is 0 Å². The number of piperidine rings is 1. The fraction of sp³-hybridized carbons (Fsp3) is 0.542. The van der Waals surface area contributed by atoms with Crippen LogP contribution >= 0.6 is 11.6 Å². The number of nitrogens with one attached hydrogen (secondary N) is 1. The molecule has 2 amide bonds. The minimum absolute atomic E-state index is 0.0709. The molecule has 1 fully saturated rings. The first-order chi connectivity index (χ1) is 14.6. The van der Waals surface area contributed by atoms with Crippen LogP contribution in [-0.2, 0) is 9.59 Å². The molecular weight excluding hydrogens is 414 g/mol. The first kappa shape index (κ1) is 23.5. The lowest BCUT2D eigenvalue weighted by atomic mass is 9.70. The van der Waals surface area contributed by atoms with Gasteiger partial charge in [-0.25, -0.2) is 4.99 Å². The lowest BCUT2D eigenvalue weighted by Crippen LogP contribution is -2.56. The summed E-state index contributed by atoms with van der Waals surface area (Å²) in [6.07, 6.45) is 3.44. The van der Waals surface area contributed by atoms with Gasteiger partial charge in [0, 0.05) is 24.5 Å². The summed E-state index contributed by atoms with van der Waals surface area (Å²) in [5.74, 6) is -0.215. The molecule has 2 heterocycles. The number of halogens is 1. The number of benzene rings is 1.